The topological polar surface area (TPSA) is 57.6 Å². The molecule has 0 fully saturated rings. The summed E-state index contributed by atoms with van der Waals surface area (Å²) in [6, 6.07) is 8.62. The lowest BCUT2D eigenvalue weighted by Gasteiger charge is -2.11. The summed E-state index contributed by atoms with van der Waals surface area (Å²) >= 11 is 0. The summed E-state index contributed by atoms with van der Waals surface area (Å²) in [7, 11) is 1.36. The Kier molecular flexibility index (Phi) is 3.23. The molecule has 14 heavy (non-hydrogen) atoms. The van der Waals surface area contributed by atoms with Crippen molar-refractivity contribution < 1.29 is 14.7 Å². The summed E-state index contributed by atoms with van der Waals surface area (Å²) in [6.45, 7) is -0.112. The fourth-order valence-electron chi connectivity index (χ4n) is 0.998. The number of benzene rings is 1. The Balaban J connectivity index is 2.64. The van der Waals surface area contributed by atoms with E-state index in [-0.39, 0.29) is 12.3 Å². The predicted molar refractivity (Wildman–Crippen MR) is 51.4 cm³/mol. The zero-order valence-electron chi connectivity index (χ0n) is 7.80. The number of likely N-dealkylation sites (N-methyl/N-ethyl adjacent to an activating group) is 1. The first-order valence-electron chi connectivity index (χ1n) is 4.13. The van der Waals surface area contributed by atoms with Gasteiger partial charge in [-0.05, 0) is 0 Å². The van der Waals surface area contributed by atoms with E-state index >= 15 is 0 Å². The SMILES string of the molecule is CN(CC(=O)c1ccccc1)C(=O)O. The van der Waals surface area contributed by atoms with E-state index in [0.29, 0.717) is 5.56 Å². The van der Waals surface area contributed by atoms with E-state index < -0.39 is 6.09 Å². The Labute approximate surface area is 81.8 Å². The van der Waals surface area contributed by atoms with Gasteiger partial charge >= 0.3 is 6.09 Å². The van der Waals surface area contributed by atoms with Gasteiger partial charge in [0.15, 0.2) is 5.78 Å². The number of carbonyl (C=O) groups excluding carboxylic acids is 1. The molecule has 74 valence electrons. The van der Waals surface area contributed by atoms with E-state index in [2.05, 4.69) is 0 Å². The standard InChI is InChI=1S/C10H11NO3/c1-11(10(13)14)7-9(12)8-5-3-2-4-6-8/h2-6H,7H2,1H3,(H,13,14). The van der Waals surface area contributed by atoms with Crippen molar-refractivity contribution in [3.05, 3.63) is 35.9 Å². The lowest BCUT2D eigenvalue weighted by atomic mass is 10.1. The number of Topliss-reactive ketones (excluding diaryl/α,β-unsaturated/α-hetero) is 1. The first-order valence-corrected chi connectivity index (χ1v) is 4.13. The molecule has 0 saturated heterocycles. The summed E-state index contributed by atoms with van der Waals surface area (Å²) in [5.41, 5.74) is 0.528. The zero-order valence-corrected chi connectivity index (χ0v) is 7.80. The molecule has 0 aliphatic carbocycles. The van der Waals surface area contributed by atoms with Crippen molar-refractivity contribution in [3.8, 4) is 0 Å². The van der Waals surface area contributed by atoms with Gasteiger partial charge in [-0.15, -0.1) is 0 Å². The second-order valence-corrected chi connectivity index (χ2v) is 2.93. The summed E-state index contributed by atoms with van der Waals surface area (Å²) in [5, 5.41) is 8.55. The van der Waals surface area contributed by atoms with Crippen molar-refractivity contribution >= 4 is 11.9 Å². The smallest absolute Gasteiger partial charge is 0.407 e. The average molecular weight is 193 g/mol. The molecule has 0 saturated carbocycles. The minimum atomic E-state index is -1.10. The normalized spacial score (nSPS) is 9.50. The third kappa shape index (κ3) is 2.58. The molecular formula is C10H11NO3. The van der Waals surface area contributed by atoms with Crippen LogP contribution in [-0.4, -0.2) is 35.5 Å². The number of ketones is 1. The molecule has 0 heterocycles. The first kappa shape index (κ1) is 10.2. The molecule has 4 nitrogen and oxygen atoms in total. The van der Waals surface area contributed by atoms with Crippen LogP contribution in [0.1, 0.15) is 10.4 Å². The molecule has 0 atom stereocenters. The minimum Gasteiger partial charge on any atom is -0.465 e. The number of amides is 1. The van der Waals surface area contributed by atoms with Gasteiger partial charge in [-0.3, -0.25) is 4.79 Å². The van der Waals surface area contributed by atoms with Crippen LogP contribution in [0.3, 0.4) is 0 Å². The third-order valence-corrected chi connectivity index (χ3v) is 1.80. The Morgan fingerprint density at radius 3 is 2.36 bits per heavy atom. The molecule has 0 radical (unpaired) electrons. The van der Waals surface area contributed by atoms with Crippen LogP contribution >= 0.6 is 0 Å². The molecule has 0 aliphatic rings. The molecule has 0 aromatic heterocycles. The van der Waals surface area contributed by atoms with Gasteiger partial charge in [-0.2, -0.15) is 0 Å². The highest BCUT2D eigenvalue weighted by Gasteiger charge is 2.11. The quantitative estimate of drug-likeness (QED) is 0.739. The largest absolute Gasteiger partial charge is 0.465 e. The molecule has 0 spiro atoms. The molecule has 0 bridgehead atoms. The van der Waals surface area contributed by atoms with E-state index in [1.54, 1.807) is 30.3 Å². The van der Waals surface area contributed by atoms with Gasteiger partial charge < -0.3 is 10.0 Å². The van der Waals surface area contributed by atoms with Crippen molar-refractivity contribution in [3.63, 3.8) is 0 Å². The van der Waals surface area contributed by atoms with Gasteiger partial charge in [0.2, 0.25) is 0 Å². The molecule has 1 aromatic carbocycles. The van der Waals surface area contributed by atoms with Crippen LogP contribution in [0.25, 0.3) is 0 Å². The highest BCUT2D eigenvalue weighted by molar-refractivity contribution is 5.98. The third-order valence-electron chi connectivity index (χ3n) is 1.80. The van der Waals surface area contributed by atoms with Crippen molar-refractivity contribution in [2.75, 3.05) is 13.6 Å². The maximum absolute atomic E-state index is 11.5. The van der Waals surface area contributed by atoms with Crippen molar-refractivity contribution in [1.82, 2.24) is 4.90 Å². The molecule has 4 heteroatoms. The van der Waals surface area contributed by atoms with E-state index in [1.165, 1.54) is 7.05 Å². The maximum atomic E-state index is 11.5. The molecule has 1 N–H and O–H groups in total. The maximum Gasteiger partial charge on any atom is 0.407 e. The molecule has 1 aromatic rings. The zero-order chi connectivity index (χ0) is 10.6. The summed E-state index contributed by atoms with van der Waals surface area (Å²) < 4.78 is 0. The number of rotatable bonds is 3. The van der Waals surface area contributed by atoms with E-state index in [4.69, 9.17) is 5.11 Å². The van der Waals surface area contributed by atoms with Crippen LogP contribution in [0.4, 0.5) is 4.79 Å². The highest BCUT2D eigenvalue weighted by Crippen LogP contribution is 2.00. The number of nitrogens with zero attached hydrogens (tertiary/aromatic N) is 1. The molecule has 1 amide bonds. The van der Waals surface area contributed by atoms with Crippen LogP contribution in [0.15, 0.2) is 30.3 Å². The van der Waals surface area contributed by atoms with Crippen molar-refractivity contribution in [2.24, 2.45) is 0 Å². The fraction of sp³-hybridized carbons (Fsp3) is 0.200. The summed E-state index contributed by atoms with van der Waals surface area (Å²) in [5.74, 6) is -0.199. The summed E-state index contributed by atoms with van der Waals surface area (Å²) in [6.07, 6.45) is -1.10. The Morgan fingerprint density at radius 1 is 1.29 bits per heavy atom. The van der Waals surface area contributed by atoms with Gasteiger partial charge in [-0.25, -0.2) is 4.79 Å². The molecule has 1 rings (SSSR count). The molecule has 0 unspecified atom stereocenters. The summed E-state index contributed by atoms with van der Waals surface area (Å²) in [4.78, 5) is 22.8. The Hall–Kier alpha value is -1.84. The van der Waals surface area contributed by atoms with E-state index in [0.717, 1.165) is 4.90 Å². The number of carbonyl (C=O) groups is 2. The number of hydrogen-bond acceptors (Lipinski definition) is 2. The molecular weight excluding hydrogens is 182 g/mol. The van der Waals surface area contributed by atoms with E-state index in [1.807, 2.05) is 0 Å². The Morgan fingerprint density at radius 2 is 1.86 bits per heavy atom. The monoisotopic (exact) mass is 193 g/mol. The average Bonchev–Trinajstić information content (AvgIpc) is 2.19. The molecule has 0 aliphatic heterocycles. The second kappa shape index (κ2) is 4.41. The van der Waals surface area contributed by atoms with Gasteiger partial charge in [-0.1, -0.05) is 30.3 Å². The number of hydrogen-bond donors (Lipinski definition) is 1. The predicted octanol–water partition coefficient (Wildman–Crippen LogP) is 1.48. The first-order chi connectivity index (χ1) is 6.61. The van der Waals surface area contributed by atoms with Crippen LogP contribution in [0.2, 0.25) is 0 Å². The van der Waals surface area contributed by atoms with Gasteiger partial charge in [0.05, 0.1) is 6.54 Å². The van der Waals surface area contributed by atoms with Gasteiger partial charge in [0.1, 0.15) is 0 Å². The van der Waals surface area contributed by atoms with E-state index in [9.17, 15) is 9.59 Å². The van der Waals surface area contributed by atoms with Crippen LogP contribution in [-0.2, 0) is 0 Å². The van der Waals surface area contributed by atoms with Crippen LogP contribution in [0.5, 0.6) is 0 Å². The Bertz CT molecular complexity index is 334. The van der Waals surface area contributed by atoms with Crippen molar-refractivity contribution in [2.45, 2.75) is 0 Å². The second-order valence-electron chi connectivity index (χ2n) is 2.93. The minimum absolute atomic E-state index is 0.112. The lowest BCUT2D eigenvalue weighted by Crippen LogP contribution is -2.30. The fourth-order valence-corrected chi connectivity index (χ4v) is 0.998. The highest BCUT2D eigenvalue weighted by atomic mass is 16.4. The van der Waals surface area contributed by atoms with Gasteiger partial charge in [0.25, 0.3) is 0 Å². The van der Waals surface area contributed by atoms with Crippen LogP contribution in [0, 0.1) is 0 Å². The van der Waals surface area contributed by atoms with Crippen LogP contribution < -0.4 is 0 Å². The lowest BCUT2D eigenvalue weighted by molar-refractivity contribution is 0.0929. The number of carboxylic acid groups (broad SMARTS) is 1. The van der Waals surface area contributed by atoms with Gasteiger partial charge in [0, 0.05) is 12.6 Å². The van der Waals surface area contributed by atoms with Crippen molar-refractivity contribution in [1.29, 1.82) is 0 Å².